The van der Waals surface area contributed by atoms with E-state index in [1.807, 2.05) is 0 Å². The Morgan fingerprint density at radius 2 is 0.767 bits per heavy atom. The number of hydrogen-bond donors (Lipinski definition) is 0. The lowest BCUT2D eigenvalue weighted by atomic mass is 10.1. The zero-order valence-corrected chi connectivity index (χ0v) is 23.3. The predicted molar refractivity (Wildman–Crippen MR) is 144 cm³/mol. The van der Waals surface area contributed by atoms with E-state index >= 15 is 0 Å². The molecule has 1 aromatic carbocycles. The number of benzene rings is 1. The Morgan fingerprint density at radius 1 is 0.500 bits per heavy atom. The molecule has 0 aliphatic carbocycles. The molecule has 174 valence electrons. The van der Waals surface area contributed by atoms with Crippen LogP contribution in [0.5, 0.6) is 0 Å². The second-order valence-electron chi connectivity index (χ2n) is 8.56. The first-order valence-corrected chi connectivity index (χ1v) is 14.2. The van der Waals surface area contributed by atoms with E-state index in [4.69, 9.17) is 0 Å². The van der Waals surface area contributed by atoms with Crippen LogP contribution in [0.2, 0.25) is 0 Å². The molecule has 0 aliphatic heterocycles. The van der Waals surface area contributed by atoms with Crippen LogP contribution in [-0.4, -0.2) is 26.2 Å². The lowest BCUT2D eigenvalue weighted by Gasteiger charge is -2.33. The third-order valence-corrected chi connectivity index (χ3v) is 7.67. The highest BCUT2D eigenvalue weighted by Gasteiger charge is 2.18. The van der Waals surface area contributed by atoms with Gasteiger partial charge in [-0.15, -0.1) is 0 Å². The number of rotatable bonds is 18. The van der Waals surface area contributed by atoms with E-state index in [1.54, 1.807) is 0 Å². The topological polar surface area (TPSA) is 6.48 Å². The minimum Gasteiger partial charge on any atom is -0.370 e. The summed E-state index contributed by atoms with van der Waals surface area (Å²) in [5.74, 6) is 0. The maximum absolute atomic E-state index is 3.80. The van der Waals surface area contributed by atoms with Crippen molar-refractivity contribution in [1.82, 2.24) is 0 Å². The molecule has 0 amide bonds. The molecule has 1 aromatic rings. The van der Waals surface area contributed by atoms with Gasteiger partial charge in [0.2, 0.25) is 0 Å². The van der Waals surface area contributed by atoms with Crippen molar-refractivity contribution >= 4 is 43.2 Å². The molecule has 0 heterocycles. The summed E-state index contributed by atoms with van der Waals surface area (Å²) in [7, 11) is 0. The molecular formula is C26H46Br2N2. The highest BCUT2D eigenvalue weighted by atomic mass is 79.9. The van der Waals surface area contributed by atoms with Crippen LogP contribution in [0.4, 0.5) is 11.4 Å². The number of unbranched alkanes of at least 4 members (excludes halogenated alkanes) is 8. The van der Waals surface area contributed by atoms with Gasteiger partial charge in [0.05, 0.1) is 11.4 Å². The summed E-state index contributed by atoms with van der Waals surface area (Å²) in [6.07, 6.45) is 15.5. The van der Waals surface area contributed by atoms with Crippen LogP contribution in [0.1, 0.15) is 105 Å². The van der Waals surface area contributed by atoms with Crippen LogP contribution >= 0.6 is 31.9 Å². The highest BCUT2D eigenvalue weighted by molar-refractivity contribution is 9.13. The van der Waals surface area contributed by atoms with Gasteiger partial charge < -0.3 is 9.80 Å². The fourth-order valence-electron chi connectivity index (χ4n) is 3.95. The van der Waals surface area contributed by atoms with Gasteiger partial charge in [0.15, 0.2) is 0 Å². The minimum atomic E-state index is 1.16. The van der Waals surface area contributed by atoms with Crippen LogP contribution in [-0.2, 0) is 0 Å². The van der Waals surface area contributed by atoms with Crippen LogP contribution in [0.25, 0.3) is 0 Å². The summed E-state index contributed by atoms with van der Waals surface area (Å²) < 4.78 is 2.33. The number of anilines is 2. The molecule has 0 aliphatic rings. The Kier molecular flexibility index (Phi) is 16.1. The lowest BCUT2D eigenvalue weighted by Crippen LogP contribution is -2.31. The van der Waals surface area contributed by atoms with E-state index in [9.17, 15) is 0 Å². The molecule has 0 unspecified atom stereocenters. The van der Waals surface area contributed by atoms with Crippen molar-refractivity contribution in [2.45, 2.75) is 105 Å². The summed E-state index contributed by atoms with van der Waals surface area (Å²) in [6.45, 7) is 13.8. The fraction of sp³-hybridized carbons (Fsp3) is 0.769. The molecule has 2 nitrogen and oxygen atoms in total. The Balaban J connectivity index is 3.20. The molecule has 0 radical (unpaired) electrons. The molecule has 0 bridgehead atoms. The number of hydrogen-bond acceptors (Lipinski definition) is 2. The van der Waals surface area contributed by atoms with Crippen molar-refractivity contribution in [1.29, 1.82) is 0 Å². The SMILES string of the molecule is CCCCCN(CCCCC)c1cc(Br)c(Br)cc1N(CCCCC)CCCCC. The quantitative estimate of drug-likeness (QED) is 0.169. The molecule has 30 heavy (non-hydrogen) atoms. The average Bonchev–Trinajstić information content (AvgIpc) is 2.74. The largest absolute Gasteiger partial charge is 0.370 e. The molecule has 1 rings (SSSR count). The van der Waals surface area contributed by atoms with Crippen molar-refractivity contribution in [2.24, 2.45) is 0 Å². The summed E-state index contributed by atoms with van der Waals surface area (Å²) in [5.41, 5.74) is 2.84. The Hall–Kier alpha value is -0.220. The van der Waals surface area contributed by atoms with Gasteiger partial charge in [-0.25, -0.2) is 0 Å². The molecule has 0 N–H and O–H groups in total. The molecular weight excluding hydrogens is 500 g/mol. The first-order valence-electron chi connectivity index (χ1n) is 12.6. The summed E-state index contributed by atoms with van der Waals surface area (Å²) in [6, 6.07) is 4.73. The Bertz CT molecular complexity index is 493. The summed E-state index contributed by atoms with van der Waals surface area (Å²) in [5, 5.41) is 0. The standard InChI is InChI=1S/C26H46Br2N2/c1-5-9-13-17-29(18-14-10-6-2)25-21-23(27)24(28)22-26(25)30(19-15-11-7-3)20-16-12-8-4/h21-22H,5-20H2,1-4H3. The number of halogens is 2. The third-order valence-electron chi connectivity index (χ3n) is 5.83. The van der Waals surface area contributed by atoms with Crippen molar-refractivity contribution in [3.05, 3.63) is 21.1 Å². The van der Waals surface area contributed by atoms with Gasteiger partial charge in [0, 0.05) is 35.1 Å². The Labute approximate surface area is 204 Å². The normalized spacial score (nSPS) is 11.1. The first kappa shape index (κ1) is 27.8. The fourth-order valence-corrected chi connectivity index (χ4v) is 4.61. The molecule has 0 saturated carbocycles. The highest BCUT2D eigenvalue weighted by Crippen LogP contribution is 2.38. The second-order valence-corrected chi connectivity index (χ2v) is 10.3. The molecule has 0 atom stereocenters. The van der Waals surface area contributed by atoms with Gasteiger partial charge in [0.1, 0.15) is 0 Å². The van der Waals surface area contributed by atoms with Crippen LogP contribution < -0.4 is 9.80 Å². The first-order chi connectivity index (χ1) is 14.6. The van der Waals surface area contributed by atoms with E-state index in [2.05, 4.69) is 81.5 Å². The maximum Gasteiger partial charge on any atom is 0.0616 e. The third kappa shape index (κ3) is 10.4. The second kappa shape index (κ2) is 17.3. The molecule has 0 saturated heterocycles. The van der Waals surface area contributed by atoms with E-state index in [0.29, 0.717) is 0 Å². The van der Waals surface area contributed by atoms with Crippen molar-refractivity contribution < 1.29 is 0 Å². The Morgan fingerprint density at radius 3 is 1.00 bits per heavy atom. The van der Waals surface area contributed by atoms with Crippen LogP contribution in [0, 0.1) is 0 Å². The van der Waals surface area contributed by atoms with E-state index in [1.165, 1.54) is 97.4 Å². The summed E-state index contributed by atoms with van der Waals surface area (Å²) in [4.78, 5) is 5.34. The van der Waals surface area contributed by atoms with Gasteiger partial charge in [-0.05, 0) is 69.7 Å². The molecule has 4 heteroatoms. The van der Waals surface area contributed by atoms with Gasteiger partial charge in [0.25, 0.3) is 0 Å². The maximum atomic E-state index is 3.80. The van der Waals surface area contributed by atoms with Gasteiger partial charge in [-0.2, -0.15) is 0 Å². The summed E-state index contributed by atoms with van der Waals surface area (Å²) >= 11 is 7.59. The molecule has 0 fully saturated rings. The minimum absolute atomic E-state index is 1.16. The van der Waals surface area contributed by atoms with Gasteiger partial charge in [-0.1, -0.05) is 79.1 Å². The predicted octanol–water partition coefficient (Wildman–Crippen LogP) is 9.59. The lowest BCUT2D eigenvalue weighted by molar-refractivity contribution is 0.624. The van der Waals surface area contributed by atoms with Crippen molar-refractivity contribution in [3.8, 4) is 0 Å². The van der Waals surface area contributed by atoms with Crippen molar-refractivity contribution in [2.75, 3.05) is 36.0 Å². The van der Waals surface area contributed by atoms with Gasteiger partial charge >= 0.3 is 0 Å². The number of nitrogens with zero attached hydrogens (tertiary/aromatic N) is 2. The molecule has 0 spiro atoms. The zero-order valence-electron chi connectivity index (χ0n) is 20.1. The smallest absolute Gasteiger partial charge is 0.0616 e. The van der Waals surface area contributed by atoms with E-state index in [0.717, 1.165) is 26.2 Å². The monoisotopic (exact) mass is 544 g/mol. The van der Waals surface area contributed by atoms with Gasteiger partial charge in [-0.3, -0.25) is 0 Å². The van der Waals surface area contributed by atoms with Crippen molar-refractivity contribution in [3.63, 3.8) is 0 Å². The van der Waals surface area contributed by atoms with E-state index < -0.39 is 0 Å². The average molecular weight is 546 g/mol. The van der Waals surface area contributed by atoms with Crippen LogP contribution in [0.3, 0.4) is 0 Å². The van der Waals surface area contributed by atoms with Crippen LogP contribution in [0.15, 0.2) is 21.1 Å². The zero-order chi connectivity index (χ0) is 22.2. The molecule has 0 aromatic heterocycles. The van der Waals surface area contributed by atoms with E-state index in [-0.39, 0.29) is 0 Å².